The molecule has 1 aromatic carbocycles. The fraction of sp³-hybridized carbons (Fsp3) is 0.854. The Bertz CT molecular complexity index is 2250. The SMILES string of the molecule is Nc1ccccc1N=C[C@H]1O[C@@H]2O[C@H]3[C@H](O)[C@@H](O)[C@@H](O[C@H]4[C@H](O)[C@@H](O)[C@@H](O[C@H]5[C@H](O)[C@@H](O)[C@@H](O[C@H]6[C@H](O)[C@@H](O)[C@@H](O[C@H]7[C@H](O)[C@@H](O)[C@@H](O[C@H]8[C@H](O)[C@@H](O)[C@@H](O[C@H]1[C@H](O)[C@H]2O)O[C@@H]8CO)O[C@@H]7CO)O[C@@H]6CO)O[C@@H]5CO)O[C@@H]4CO)O[C@@H]3CO. The van der Waals surface area contributed by atoms with Gasteiger partial charge in [-0.25, -0.2) is 0 Å². The van der Waals surface area contributed by atoms with E-state index in [1.165, 1.54) is 12.1 Å². The molecular formula is C48H74N2O34. The molecule has 0 radical (unpaired) electrons. The van der Waals surface area contributed by atoms with E-state index in [1.54, 1.807) is 12.1 Å². The van der Waals surface area contributed by atoms with Crippen LogP contribution in [0.4, 0.5) is 11.4 Å². The lowest BCUT2D eigenvalue weighted by Crippen LogP contribution is -2.68. The van der Waals surface area contributed by atoms with Crippen LogP contribution in [-0.4, -0.2) is 363 Å². The molecular weight excluding hydrogens is 1150 g/mol. The molecule has 21 aliphatic rings. The third kappa shape index (κ3) is 13.0. The number of rotatable bonds is 8. The molecule has 0 aliphatic carbocycles. The summed E-state index contributed by atoms with van der Waals surface area (Å²) in [6.45, 7) is -6.31. The number of ether oxygens (including phenoxy) is 14. The van der Waals surface area contributed by atoms with Crippen molar-refractivity contribution in [1.82, 2.24) is 0 Å². The highest BCUT2D eigenvalue weighted by molar-refractivity contribution is 5.73. The summed E-state index contributed by atoms with van der Waals surface area (Å²) in [5, 5.41) is 223. The number of nitrogens with zero attached hydrogens (tertiary/aromatic N) is 1. The molecule has 22 N–H and O–H groups in total. The van der Waals surface area contributed by atoms with Gasteiger partial charge in [-0.3, -0.25) is 4.99 Å². The number of benzene rings is 1. The first-order valence-electron chi connectivity index (χ1n) is 26.8. The van der Waals surface area contributed by atoms with Crippen LogP contribution in [0.15, 0.2) is 29.3 Å². The van der Waals surface area contributed by atoms with Gasteiger partial charge in [-0.05, 0) is 12.1 Å². The number of nitrogens with two attached hydrogens (primary N) is 1. The van der Waals surface area contributed by atoms with E-state index in [9.17, 15) is 102 Å². The standard InChI is InChI=1S/C48H74N2O34/c49-12-3-1-2-4-13(12)50-5-14-35-21(57)28(64)42(71-14)79-36-15(6-51)73-44(30(66)23(36)59)81-38-17(8-53)75-46(32(68)25(38)61)83-40-19(10-55)77-48(34(70)27(40)63)84-41-20(11-56)76-47(33(69)26(41)62)82-39-18(9-54)74-45(31(67)24(39)60)80-37-16(7-52)72-43(78-35)29(65)22(37)58/h1-5,14-48,51-70H,6-11,49H2/t14-,15-,16-,17-,18-,19-,20-,21-,22-,23-,24-,25-,26-,27-,28-,29-,30-,31-,32-,33-,34-,35-,36-,37-,38-,39-,40-,41-,42-,43-,44-,45-,46-,47-,48-/m1/s1. The van der Waals surface area contributed by atoms with Gasteiger partial charge in [-0.2, -0.15) is 0 Å². The summed E-state index contributed by atoms with van der Waals surface area (Å²) in [7, 11) is 0. The number of para-hydroxylation sites is 2. The number of hydrogen-bond acceptors (Lipinski definition) is 36. The predicted octanol–water partition coefficient (Wildman–Crippen LogP) is -13.2. The molecule has 0 saturated carbocycles. The number of aliphatic imine (C=N–C) groups is 1. The maximum absolute atomic E-state index is 11.8. The molecule has 0 aromatic heterocycles. The molecule has 1 aromatic rings. The minimum Gasteiger partial charge on any atom is -0.397 e. The molecule has 21 saturated heterocycles. The minimum absolute atomic E-state index is 0.132. The van der Waals surface area contributed by atoms with Crippen LogP contribution in [0, 0.1) is 0 Å². The van der Waals surface area contributed by atoms with E-state index in [1.807, 2.05) is 0 Å². The summed E-state index contributed by atoms with van der Waals surface area (Å²) in [5.74, 6) is 0. The van der Waals surface area contributed by atoms with Crippen molar-refractivity contribution in [2.75, 3.05) is 45.4 Å². The molecule has 480 valence electrons. The van der Waals surface area contributed by atoms with Gasteiger partial charge in [0.25, 0.3) is 0 Å². The van der Waals surface area contributed by atoms with Gasteiger partial charge in [0.1, 0.15) is 171 Å². The quantitative estimate of drug-likeness (QED) is 0.0849. The monoisotopic (exact) mass is 1220 g/mol. The lowest BCUT2D eigenvalue weighted by Gasteiger charge is -2.50. The van der Waals surface area contributed by atoms with Crippen LogP contribution < -0.4 is 5.73 Å². The molecule has 36 heteroatoms. The zero-order chi connectivity index (χ0) is 60.7. The van der Waals surface area contributed by atoms with E-state index in [0.717, 1.165) is 6.21 Å². The van der Waals surface area contributed by atoms with Crippen molar-refractivity contribution in [1.29, 1.82) is 0 Å². The Morgan fingerprint density at radius 2 is 0.512 bits per heavy atom. The van der Waals surface area contributed by atoms with E-state index < -0.39 is 255 Å². The highest BCUT2D eigenvalue weighted by Gasteiger charge is 2.59. The van der Waals surface area contributed by atoms with Gasteiger partial charge in [-0.1, -0.05) is 12.1 Å². The topological polar surface area (TPSA) is 572 Å². The van der Waals surface area contributed by atoms with E-state index >= 15 is 0 Å². The van der Waals surface area contributed by atoms with Gasteiger partial charge in [0, 0.05) is 6.21 Å². The highest BCUT2D eigenvalue weighted by atomic mass is 16.8. The fourth-order valence-corrected chi connectivity index (χ4v) is 11.1. The van der Waals surface area contributed by atoms with Crippen LogP contribution in [-0.2, 0) is 66.3 Å². The Morgan fingerprint density at radius 1 is 0.298 bits per heavy atom. The van der Waals surface area contributed by atoms with E-state index in [2.05, 4.69) is 4.99 Å². The second-order valence-corrected chi connectivity index (χ2v) is 21.2. The minimum atomic E-state index is -2.22. The molecule has 84 heavy (non-hydrogen) atoms. The summed E-state index contributed by atoms with van der Waals surface area (Å²) in [4.78, 5) is 4.31. The van der Waals surface area contributed by atoms with Crippen LogP contribution in [0.2, 0.25) is 0 Å². The van der Waals surface area contributed by atoms with Crippen LogP contribution in [0.1, 0.15) is 0 Å². The number of nitrogen functional groups attached to an aromatic ring is 1. The average molecular weight is 1220 g/mol. The first-order chi connectivity index (χ1) is 40.1. The van der Waals surface area contributed by atoms with Gasteiger partial charge in [0.15, 0.2) is 44.0 Å². The second kappa shape index (κ2) is 28.0. The van der Waals surface area contributed by atoms with Crippen molar-refractivity contribution in [2.45, 2.75) is 215 Å². The molecule has 22 rings (SSSR count). The lowest BCUT2D eigenvalue weighted by atomic mass is 9.95. The van der Waals surface area contributed by atoms with Gasteiger partial charge in [0.05, 0.1) is 51.0 Å². The zero-order valence-electron chi connectivity index (χ0n) is 44.0. The molecule has 0 amide bonds. The van der Waals surface area contributed by atoms with Crippen molar-refractivity contribution >= 4 is 17.6 Å². The van der Waals surface area contributed by atoms with Gasteiger partial charge in [-0.15, -0.1) is 0 Å². The smallest absolute Gasteiger partial charge is 0.187 e. The van der Waals surface area contributed by atoms with E-state index in [0.29, 0.717) is 0 Å². The van der Waals surface area contributed by atoms with Crippen molar-refractivity contribution in [2.24, 2.45) is 4.99 Å². The van der Waals surface area contributed by atoms with Crippen LogP contribution in [0.25, 0.3) is 0 Å². The normalized spacial score (nSPS) is 51.8. The summed E-state index contributed by atoms with van der Waals surface area (Å²) in [5.41, 5.74) is 6.37. The molecule has 21 heterocycles. The number of hydrogen-bond donors (Lipinski definition) is 21. The highest BCUT2D eigenvalue weighted by Crippen LogP contribution is 2.39. The largest absolute Gasteiger partial charge is 0.397 e. The van der Waals surface area contributed by atoms with E-state index in [4.69, 9.17) is 72.0 Å². The van der Waals surface area contributed by atoms with Gasteiger partial charge < -0.3 is 174 Å². The Labute approximate surface area is 474 Å². The van der Waals surface area contributed by atoms with Gasteiger partial charge >= 0.3 is 0 Å². The maximum Gasteiger partial charge on any atom is 0.187 e. The maximum atomic E-state index is 11.8. The summed E-state index contributed by atoms with van der Waals surface area (Å²) >= 11 is 0. The van der Waals surface area contributed by atoms with E-state index in [-0.39, 0.29) is 11.4 Å². The van der Waals surface area contributed by atoms with Crippen molar-refractivity contribution in [3.8, 4) is 0 Å². The Hall–Kier alpha value is -2.67. The third-order valence-corrected chi connectivity index (χ3v) is 15.8. The van der Waals surface area contributed by atoms with Crippen LogP contribution in [0.5, 0.6) is 0 Å². The predicted molar refractivity (Wildman–Crippen MR) is 260 cm³/mol. The van der Waals surface area contributed by atoms with Gasteiger partial charge in [0.2, 0.25) is 0 Å². The van der Waals surface area contributed by atoms with Crippen LogP contribution in [0.3, 0.4) is 0 Å². The Kier molecular flexibility index (Phi) is 21.9. The first kappa shape index (κ1) is 65.8. The van der Waals surface area contributed by atoms with Crippen molar-refractivity contribution < 1.29 is 168 Å². The molecule has 0 unspecified atom stereocenters. The average Bonchev–Trinajstić information content (AvgIpc) is 1.23. The number of aliphatic hydroxyl groups is 20. The zero-order valence-corrected chi connectivity index (χ0v) is 44.0. The fourth-order valence-electron chi connectivity index (χ4n) is 11.1. The third-order valence-electron chi connectivity index (χ3n) is 15.8. The molecule has 14 bridgehead atoms. The Balaban J connectivity index is 1.03. The summed E-state index contributed by atoms with van der Waals surface area (Å²) in [6.07, 6.45) is -69.6. The van der Waals surface area contributed by atoms with Crippen molar-refractivity contribution in [3.63, 3.8) is 0 Å². The molecule has 35 atom stereocenters. The number of anilines is 1. The molecule has 36 nitrogen and oxygen atoms in total. The summed E-state index contributed by atoms with van der Waals surface area (Å²) < 4.78 is 81.0. The molecule has 21 fully saturated rings. The second-order valence-electron chi connectivity index (χ2n) is 21.2. The number of aliphatic hydroxyl groups excluding tert-OH is 20. The summed E-state index contributed by atoms with van der Waals surface area (Å²) in [6, 6.07) is 6.11. The lowest BCUT2D eigenvalue weighted by molar-refractivity contribution is -0.396. The van der Waals surface area contributed by atoms with Crippen molar-refractivity contribution in [3.05, 3.63) is 24.3 Å². The van der Waals surface area contributed by atoms with Crippen LogP contribution >= 0.6 is 0 Å². The molecule has 21 aliphatic heterocycles. The molecule has 0 spiro atoms. The first-order valence-corrected chi connectivity index (χ1v) is 26.8. The Morgan fingerprint density at radius 3 is 0.750 bits per heavy atom.